The third-order valence-electron chi connectivity index (χ3n) is 2.23. The molecule has 0 amide bonds. The molecule has 13 heavy (non-hydrogen) atoms. The van der Waals surface area contributed by atoms with Crippen molar-refractivity contribution >= 4 is 0 Å². The zero-order valence-corrected chi connectivity index (χ0v) is 8.36. The summed E-state index contributed by atoms with van der Waals surface area (Å²) in [7, 11) is 0. The number of hydrogen-bond acceptors (Lipinski definition) is 2. The zero-order chi connectivity index (χ0) is 9.68. The molecule has 0 saturated carbocycles. The minimum atomic E-state index is 0.0958. The number of rotatable bonds is 3. The molecule has 2 nitrogen and oxygen atoms in total. The summed E-state index contributed by atoms with van der Waals surface area (Å²) >= 11 is 0. The van der Waals surface area contributed by atoms with Gasteiger partial charge in [-0.2, -0.15) is 0 Å². The van der Waals surface area contributed by atoms with Gasteiger partial charge in [-0.25, -0.2) is 0 Å². The van der Waals surface area contributed by atoms with Crippen molar-refractivity contribution in [1.29, 1.82) is 0 Å². The summed E-state index contributed by atoms with van der Waals surface area (Å²) in [5.74, 6) is 0. The van der Waals surface area contributed by atoms with Gasteiger partial charge in [0.1, 0.15) is 0 Å². The molecule has 1 rings (SSSR count). The van der Waals surface area contributed by atoms with Crippen molar-refractivity contribution in [1.82, 2.24) is 0 Å². The summed E-state index contributed by atoms with van der Waals surface area (Å²) in [6.07, 6.45) is 8.63. The summed E-state index contributed by atoms with van der Waals surface area (Å²) in [5.41, 5.74) is 0.946. The van der Waals surface area contributed by atoms with Gasteiger partial charge in [0.05, 0.1) is 18.8 Å². The van der Waals surface area contributed by atoms with Gasteiger partial charge in [0.25, 0.3) is 0 Å². The van der Waals surface area contributed by atoms with Gasteiger partial charge in [-0.3, -0.25) is 0 Å². The molecule has 0 aromatic carbocycles. The van der Waals surface area contributed by atoms with E-state index in [0.29, 0.717) is 6.10 Å². The molecule has 1 N–H and O–H groups in total. The Morgan fingerprint density at radius 2 is 2.31 bits per heavy atom. The first-order chi connectivity index (χ1) is 6.26. The average molecular weight is 182 g/mol. The van der Waals surface area contributed by atoms with Gasteiger partial charge in [-0.05, 0) is 32.3 Å². The Kier molecular flexibility index (Phi) is 4.19. The monoisotopic (exact) mass is 182 g/mol. The molecule has 1 saturated heterocycles. The Labute approximate surface area is 79.9 Å². The van der Waals surface area contributed by atoms with Crippen LogP contribution in [0.1, 0.15) is 26.7 Å². The molecule has 0 bridgehead atoms. The maximum atomic E-state index is 9.01. The molecule has 1 aliphatic rings. The molecule has 0 aromatic rings. The van der Waals surface area contributed by atoms with Crippen molar-refractivity contribution < 1.29 is 9.84 Å². The first kappa shape index (κ1) is 10.5. The van der Waals surface area contributed by atoms with Gasteiger partial charge in [-0.15, -0.1) is 0 Å². The van der Waals surface area contributed by atoms with Crippen LogP contribution in [-0.2, 0) is 4.74 Å². The fourth-order valence-electron chi connectivity index (χ4n) is 1.57. The van der Waals surface area contributed by atoms with Crippen LogP contribution >= 0.6 is 0 Å². The first-order valence-corrected chi connectivity index (χ1v) is 4.86. The van der Waals surface area contributed by atoms with Crippen LogP contribution in [0.5, 0.6) is 0 Å². The van der Waals surface area contributed by atoms with Gasteiger partial charge in [0.15, 0.2) is 0 Å². The van der Waals surface area contributed by atoms with E-state index >= 15 is 0 Å². The van der Waals surface area contributed by atoms with Crippen LogP contribution in [0.15, 0.2) is 23.8 Å². The van der Waals surface area contributed by atoms with E-state index in [2.05, 4.69) is 6.92 Å². The van der Waals surface area contributed by atoms with E-state index in [9.17, 15) is 0 Å². The number of ether oxygens (including phenoxy) is 1. The van der Waals surface area contributed by atoms with Crippen molar-refractivity contribution in [2.45, 2.75) is 38.9 Å². The molecule has 1 fully saturated rings. The van der Waals surface area contributed by atoms with Gasteiger partial charge in [0, 0.05) is 0 Å². The SMILES string of the molecule is C/C=C\C(=C\[C@@H]1CC[C@@H](C)O1)CO. The smallest absolute Gasteiger partial charge is 0.0766 e. The van der Waals surface area contributed by atoms with Crippen molar-refractivity contribution in [3.63, 3.8) is 0 Å². The minimum absolute atomic E-state index is 0.0958. The molecule has 0 spiro atoms. The topological polar surface area (TPSA) is 29.5 Å². The predicted octanol–water partition coefficient (Wildman–Crippen LogP) is 2.05. The van der Waals surface area contributed by atoms with Crippen LogP contribution in [-0.4, -0.2) is 23.9 Å². The Morgan fingerprint density at radius 1 is 1.54 bits per heavy atom. The van der Waals surface area contributed by atoms with Crippen molar-refractivity contribution in [3.05, 3.63) is 23.8 Å². The highest BCUT2D eigenvalue weighted by Crippen LogP contribution is 2.21. The number of hydrogen-bond donors (Lipinski definition) is 1. The van der Waals surface area contributed by atoms with E-state index < -0.39 is 0 Å². The summed E-state index contributed by atoms with van der Waals surface area (Å²) in [4.78, 5) is 0. The fraction of sp³-hybridized carbons (Fsp3) is 0.636. The Hall–Kier alpha value is -0.600. The molecule has 1 heterocycles. The number of allylic oxidation sites excluding steroid dienone is 1. The van der Waals surface area contributed by atoms with Gasteiger partial charge in [-0.1, -0.05) is 18.2 Å². The van der Waals surface area contributed by atoms with Crippen LogP contribution in [0.2, 0.25) is 0 Å². The molecule has 2 heteroatoms. The molecule has 1 aliphatic heterocycles. The van der Waals surface area contributed by atoms with Crippen molar-refractivity contribution in [3.8, 4) is 0 Å². The van der Waals surface area contributed by atoms with E-state index in [4.69, 9.17) is 9.84 Å². The highest BCUT2D eigenvalue weighted by molar-refractivity contribution is 5.20. The van der Waals surface area contributed by atoms with E-state index in [1.807, 2.05) is 25.2 Å². The van der Waals surface area contributed by atoms with E-state index in [-0.39, 0.29) is 12.7 Å². The number of aliphatic hydroxyl groups excluding tert-OH is 1. The zero-order valence-electron chi connectivity index (χ0n) is 8.36. The lowest BCUT2D eigenvalue weighted by molar-refractivity contribution is 0.0826. The molecule has 74 valence electrons. The van der Waals surface area contributed by atoms with Crippen molar-refractivity contribution in [2.24, 2.45) is 0 Å². The Bertz CT molecular complexity index is 206. The van der Waals surface area contributed by atoms with E-state index in [1.165, 1.54) is 0 Å². The Morgan fingerprint density at radius 3 is 2.77 bits per heavy atom. The molecular formula is C11H18O2. The second-order valence-corrected chi connectivity index (χ2v) is 3.46. The lowest BCUT2D eigenvalue weighted by atomic mass is 10.1. The van der Waals surface area contributed by atoms with Crippen LogP contribution in [0.25, 0.3) is 0 Å². The Balaban J connectivity index is 2.52. The highest BCUT2D eigenvalue weighted by Gasteiger charge is 2.19. The fourth-order valence-corrected chi connectivity index (χ4v) is 1.57. The first-order valence-electron chi connectivity index (χ1n) is 4.86. The summed E-state index contributed by atoms with van der Waals surface area (Å²) < 4.78 is 5.62. The van der Waals surface area contributed by atoms with Gasteiger partial charge >= 0.3 is 0 Å². The molecule has 0 aliphatic carbocycles. The second kappa shape index (κ2) is 5.20. The van der Waals surface area contributed by atoms with E-state index in [1.54, 1.807) is 0 Å². The standard InChI is InChI=1S/C11H18O2/c1-3-4-10(8-12)7-11-6-5-9(2)13-11/h3-4,7,9,11-12H,5-6,8H2,1-2H3/b4-3-,10-7-/t9-,11+/m1/s1. The van der Waals surface area contributed by atoms with Crippen LogP contribution in [0, 0.1) is 0 Å². The normalized spacial score (nSPS) is 30.2. The molecular weight excluding hydrogens is 164 g/mol. The second-order valence-electron chi connectivity index (χ2n) is 3.46. The quantitative estimate of drug-likeness (QED) is 0.677. The van der Waals surface area contributed by atoms with Crippen LogP contribution < -0.4 is 0 Å². The third-order valence-corrected chi connectivity index (χ3v) is 2.23. The third kappa shape index (κ3) is 3.33. The van der Waals surface area contributed by atoms with Crippen LogP contribution in [0.4, 0.5) is 0 Å². The van der Waals surface area contributed by atoms with Gasteiger partial charge in [0.2, 0.25) is 0 Å². The average Bonchev–Trinajstić information content (AvgIpc) is 2.50. The lowest BCUT2D eigenvalue weighted by Crippen LogP contribution is -2.06. The molecule has 0 aromatic heterocycles. The highest BCUT2D eigenvalue weighted by atomic mass is 16.5. The molecule has 0 unspecified atom stereocenters. The predicted molar refractivity (Wildman–Crippen MR) is 53.6 cm³/mol. The largest absolute Gasteiger partial charge is 0.392 e. The summed E-state index contributed by atoms with van der Waals surface area (Å²) in [6.45, 7) is 4.13. The number of aliphatic hydroxyl groups is 1. The van der Waals surface area contributed by atoms with E-state index in [0.717, 1.165) is 18.4 Å². The molecule has 2 atom stereocenters. The lowest BCUT2D eigenvalue weighted by Gasteiger charge is -2.07. The summed E-state index contributed by atoms with van der Waals surface area (Å²) in [6, 6.07) is 0. The van der Waals surface area contributed by atoms with Crippen molar-refractivity contribution in [2.75, 3.05) is 6.61 Å². The molecule has 0 radical (unpaired) electrons. The van der Waals surface area contributed by atoms with Gasteiger partial charge < -0.3 is 9.84 Å². The summed E-state index contributed by atoms with van der Waals surface area (Å²) in [5, 5.41) is 9.01. The maximum Gasteiger partial charge on any atom is 0.0766 e. The minimum Gasteiger partial charge on any atom is -0.392 e. The van der Waals surface area contributed by atoms with Crippen LogP contribution in [0.3, 0.4) is 0 Å². The maximum absolute atomic E-state index is 9.01.